The first-order valence-electron chi connectivity index (χ1n) is 8.44. The van der Waals surface area contributed by atoms with Gasteiger partial charge in [-0.25, -0.2) is 0 Å². The van der Waals surface area contributed by atoms with E-state index in [1.807, 2.05) is 19.1 Å². The fourth-order valence-corrected chi connectivity index (χ4v) is 2.64. The van der Waals surface area contributed by atoms with Gasteiger partial charge in [-0.1, -0.05) is 29.8 Å². The molecular weight excluding hydrogens is 366 g/mol. The summed E-state index contributed by atoms with van der Waals surface area (Å²) in [5, 5.41) is 5.75. The molecule has 2 rings (SSSR count). The lowest BCUT2D eigenvalue weighted by molar-refractivity contribution is -0.116. The van der Waals surface area contributed by atoms with E-state index in [9.17, 15) is 14.4 Å². The molecule has 27 heavy (non-hydrogen) atoms. The topological polar surface area (TPSA) is 78.5 Å². The van der Waals surface area contributed by atoms with E-state index in [0.29, 0.717) is 21.8 Å². The largest absolute Gasteiger partial charge is 0.352 e. The zero-order valence-corrected chi connectivity index (χ0v) is 16.3. The van der Waals surface area contributed by atoms with Crippen molar-refractivity contribution in [2.45, 2.75) is 13.3 Å². The Balaban J connectivity index is 1.91. The van der Waals surface area contributed by atoms with Crippen LogP contribution in [0.15, 0.2) is 42.5 Å². The number of benzene rings is 2. The van der Waals surface area contributed by atoms with Crippen LogP contribution in [0.4, 0.5) is 5.69 Å². The third-order valence-electron chi connectivity index (χ3n) is 3.91. The number of hydrogen-bond acceptors (Lipinski definition) is 3. The second kappa shape index (κ2) is 9.19. The number of aryl methyl sites for hydroxylation is 1. The van der Waals surface area contributed by atoms with Crippen LogP contribution in [0.3, 0.4) is 0 Å². The van der Waals surface area contributed by atoms with E-state index in [0.717, 1.165) is 5.56 Å². The van der Waals surface area contributed by atoms with Gasteiger partial charge in [0.1, 0.15) is 0 Å². The van der Waals surface area contributed by atoms with Crippen LogP contribution in [0.5, 0.6) is 0 Å². The van der Waals surface area contributed by atoms with E-state index >= 15 is 0 Å². The van der Waals surface area contributed by atoms with Gasteiger partial charge in [0.15, 0.2) is 0 Å². The van der Waals surface area contributed by atoms with Gasteiger partial charge in [-0.05, 0) is 36.8 Å². The molecule has 0 bridgehead atoms. The summed E-state index contributed by atoms with van der Waals surface area (Å²) in [6.45, 7) is 2.06. The lowest BCUT2D eigenvalue weighted by atomic mass is 10.1. The van der Waals surface area contributed by atoms with Crippen LogP contribution in [-0.2, 0) is 4.79 Å². The van der Waals surface area contributed by atoms with Crippen molar-refractivity contribution in [2.75, 3.05) is 26.0 Å². The Labute approximate surface area is 163 Å². The Morgan fingerprint density at radius 3 is 2.41 bits per heavy atom. The standard InChI is InChI=1S/C20H22ClN3O3/c1-13-6-4-5-7-15(13)19(26)22-11-10-18(25)23-14-8-9-17(21)16(12-14)20(27)24(2)3/h4-9,12H,10-11H2,1-3H3,(H,22,26)(H,23,25). The van der Waals surface area contributed by atoms with Crippen molar-refractivity contribution in [3.05, 3.63) is 64.2 Å². The van der Waals surface area contributed by atoms with Crippen LogP contribution in [0.1, 0.15) is 32.7 Å². The molecule has 6 nitrogen and oxygen atoms in total. The van der Waals surface area contributed by atoms with Crippen LogP contribution in [0, 0.1) is 6.92 Å². The summed E-state index contributed by atoms with van der Waals surface area (Å²) in [4.78, 5) is 37.7. The third kappa shape index (κ3) is 5.56. The Morgan fingerprint density at radius 1 is 1.04 bits per heavy atom. The van der Waals surface area contributed by atoms with Gasteiger partial charge in [0.25, 0.3) is 11.8 Å². The zero-order chi connectivity index (χ0) is 20.0. The maximum absolute atomic E-state index is 12.1. The minimum Gasteiger partial charge on any atom is -0.352 e. The molecule has 2 aromatic rings. The Hall–Kier alpha value is -2.86. The maximum atomic E-state index is 12.1. The number of halogens is 1. The van der Waals surface area contributed by atoms with Gasteiger partial charge in [-0.3, -0.25) is 14.4 Å². The summed E-state index contributed by atoms with van der Waals surface area (Å²) in [5.74, 6) is -0.737. The number of carbonyl (C=O) groups excluding carboxylic acids is 3. The van der Waals surface area contributed by atoms with E-state index in [-0.39, 0.29) is 30.7 Å². The molecule has 0 heterocycles. The molecular formula is C20H22ClN3O3. The number of hydrogen-bond donors (Lipinski definition) is 2. The van der Waals surface area contributed by atoms with Gasteiger partial charge in [-0.2, -0.15) is 0 Å². The molecule has 0 aromatic heterocycles. The number of rotatable bonds is 6. The molecule has 7 heteroatoms. The van der Waals surface area contributed by atoms with Crippen molar-refractivity contribution in [3.63, 3.8) is 0 Å². The summed E-state index contributed by atoms with van der Waals surface area (Å²) in [6.07, 6.45) is 0.108. The number of carbonyl (C=O) groups is 3. The first kappa shape index (κ1) is 20.5. The molecule has 0 saturated carbocycles. The Bertz CT molecular complexity index is 865. The third-order valence-corrected chi connectivity index (χ3v) is 4.24. The highest BCUT2D eigenvalue weighted by molar-refractivity contribution is 6.34. The Kier molecular flexibility index (Phi) is 6.96. The van der Waals surface area contributed by atoms with Gasteiger partial charge >= 0.3 is 0 Å². The van der Waals surface area contributed by atoms with Gasteiger partial charge in [0.2, 0.25) is 5.91 Å². The minimum absolute atomic E-state index is 0.108. The maximum Gasteiger partial charge on any atom is 0.254 e. The summed E-state index contributed by atoms with van der Waals surface area (Å²) < 4.78 is 0. The molecule has 2 aromatic carbocycles. The van der Waals surface area contributed by atoms with Crippen molar-refractivity contribution < 1.29 is 14.4 Å². The van der Waals surface area contributed by atoms with Crippen LogP contribution in [-0.4, -0.2) is 43.3 Å². The normalized spacial score (nSPS) is 10.2. The van der Waals surface area contributed by atoms with E-state index in [2.05, 4.69) is 10.6 Å². The average Bonchev–Trinajstić information content (AvgIpc) is 2.62. The molecule has 0 radical (unpaired) electrons. The van der Waals surface area contributed by atoms with E-state index in [4.69, 9.17) is 11.6 Å². The van der Waals surface area contributed by atoms with Gasteiger partial charge < -0.3 is 15.5 Å². The monoisotopic (exact) mass is 387 g/mol. The molecule has 0 unspecified atom stereocenters. The van der Waals surface area contributed by atoms with Gasteiger partial charge in [0, 0.05) is 38.3 Å². The second-order valence-corrected chi connectivity index (χ2v) is 6.67. The quantitative estimate of drug-likeness (QED) is 0.799. The molecule has 0 aliphatic carbocycles. The first-order chi connectivity index (χ1) is 12.8. The predicted octanol–water partition coefficient (Wildman–Crippen LogP) is 3.11. The smallest absolute Gasteiger partial charge is 0.254 e. The summed E-state index contributed by atoms with van der Waals surface area (Å²) in [5.41, 5.74) is 2.24. The van der Waals surface area contributed by atoms with Gasteiger partial charge in [-0.15, -0.1) is 0 Å². The SMILES string of the molecule is Cc1ccccc1C(=O)NCCC(=O)Nc1ccc(Cl)c(C(=O)N(C)C)c1. The van der Waals surface area contributed by atoms with Crippen LogP contribution in [0.2, 0.25) is 5.02 Å². The molecule has 0 aliphatic rings. The van der Waals surface area contributed by atoms with Crippen LogP contribution in [0.25, 0.3) is 0 Å². The zero-order valence-electron chi connectivity index (χ0n) is 15.5. The fourth-order valence-electron chi connectivity index (χ4n) is 2.44. The van der Waals surface area contributed by atoms with Crippen molar-refractivity contribution in [3.8, 4) is 0 Å². The molecule has 3 amide bonds. The highest BCUT2D eigenvalue weighted by atomic mass is 35.5. The molecule has 0 atom stereocenters. The molecule has 0 fully saturated rings. The highest BCUT2D eigenvalue weighted by Crippen LogP contribution is 2.21. The number of nitrogens with zero attached hydrogens (tertiary/aromatic N) is 1. The van der Waals surface area contributed by atoms with E-state index < -0.39 is 0 Å². The lowest BCUT2D eigenvalue weighted by Crippen LogP contribution is -2.28. The first-order valence-corrected chi connectivity index (χ1v) is 8.82. The van der Waals surface area contributed by atoms with Crippen molar-refractivity contribution in [1.29, 1.82) is 0 Å². The van der Waals surface area contributed by atoms with Crippen molar-refractivity contribution in [1.82, 2.24) is 10.2 Å². The minimum atomic E-state index is -0.273. The van der Waals surface area contributed by atoms with E-state index in [1.54, 1.807) is 38.4 Å². The van der Waals surface area contributed by atoms with E-state index in [1.165, 1.54) is 11.0 Å². The van der Waals surface area contributed by atoms with Crippen molar-refractivity contribution in [2.24, 2.45) is 0 Å². The predicted molar refractivity (Wildman–Crippen MR) is 106 cm³/mol. The second-order valence-electron chi connectivity index (χ2n) is 6.26. The number of amides is 3. The number of anilines is 1. The molecule has 2 N–H and O–H groups in total. The molecule has 0 saturated heterocycles. The molecule has 0 spiro atoms. The lowest BCUT2D eigenvalue weighted by Gasteiger charge is -2.13. The number of nitrogens with one attached hydrogen (secondary N) is 2. The van der Waals surface area contributed by atoms with Crippen LogP contribution >= 0.6 is 11.6 Å². The summed E-state index contributed by atoms with van der Waals surface area (Å²) in [6, 6.07) is 12.0. The summed E-state index contributed by atoms with van der Waals surface area (Å²) >= 11 is 6.05. The average molecular weight is 388 g/mol. The van der Waals surface area contributed by atoms with Crippen LogP contribution < -0.4 is 10.6 Å². The Morgan fingerprint density at radius 2 is 1.74 bits per heavy atom. The molecule has 142 valence electrons. The highest BCUT2D eigenvalue weighted by Gasteiger charge is 2.14. The molecule has 0 aliphatic heterocycles. The van der Waals surface area contributed by atoms with Crippen molar-refractivity contribution >= 4 is 35.0 Å². The summed E-state index contributed by atoms with van der Waals surface area (Å²) in [7, 11) is 3.25. The fraction of sp³-hybridized carbons (Fsp3) is 0.250. The van der Waals surface area contributed by atoms with Gasteiger partial charge in [0.05, 0.1) is 10.6 Å².